The third kappa shape index (κ3) is 34.9. The lowest BCUT2D eigenvalue weighted by atomic mass is 10.0. The van der Waals surface area contributed by atoms with Gasteiger partial charge in [-0.15, -0.1) is 0 Å². The summed E-state index contributed by atoms with van der Waals surface area (Å²) in [5.41, 5.74) is 0. The fourth-order valence-electron chi connectivity index (χ4n) is 7.05. The number of amides is 2. The molecule has 0 aliphatic carbocycles. The Balaban J connectivity index is 4.27. The lowest BCUT2D eigenvalue weighted by molar-refractivity contribution is -0.140. The van der Waals surface area contributed by atoms with Crippen LogP contribution in [0.15, 0.2) is 0 Å². The summed E-state index contributed by atoms with van der Waals surface area (Å²) < 4.78 is 0. The highest BCUT2D eigenvalue weighted by Crippen LogP contribution is 2.16. The molecule has 0 fully saturated rings. The van der Waals surface area contributed by atoms with Gasteiger partial charge in [0, 0.05) is 39.0 Å². The first-order valence-electron chi connectivity index (χ1n) is 22.3. The highest BCUT2D eigenvalue weighted by Gasteiger charge is 2.17. The molecule has 0 heterocycles. The van der Waals surface area contributed by atoms with Gasteiger partial charge in [-0.05, 0) is 25.7 Å². The Labute approximate surface area is 320 Å². The summed E-state index contributed by atoms with van der Waals surface area (Å²) in [6.45, 7) is 5.85. The van der Waals surface area contributed by atoms with E-state index in [0.29, 0.717) is 38.8 Å². The molecule has 0 aromatic carbocycles. The molecule has 8 heteroatoms. The first kappa shape index (κ1) is 49.9. The van der Waals surface area contributed by atoms with E-state index in [1.807, 2.05) is 0 Å². The van der Waals surface area contributed by atoms with Crippen molar-refractivity contribution in [2.45, 2.75) is 232 Å². The van der Waals surface area contributed by atoms with Crippen molar-refractivity contribution < 1.29 is 29.4 Å². The van der Waals surface area contributed by atoms with Gasteiger partial charge in [-0.2, -0.15) is 0 Å². The van der Waals surface area contributed by atoms with E-state index in [-0.39, 0.29) is 37.7 Å². The second kappa shape index (κ2) is 38.6. The molecule has 0 aromatic rings. The number of carbonyl (C=O) groups is 4. The van der Waals surface area contributed by atoms with Gasteiger partial charge in [-0.3, -0.25) is 19.2 Å². The van der Waals surface area contributed by atoms with Crippen molar-refractivity contribution in [1.29, 1.82) is 0 Å². The topological polar surface area (TPSA) is 115 Å². The van der Waals surface area contributed by atoms with Crippen molar-refractivity contribution in [3.8, 4) is 0 Å². The molecule has 8 nitrogen and oxygen atoms in total. The SMILES string of the molecule is CCCCCCCCCCCCCCCCC(=O)N(CCCCN(CCC(=O)O)C(=O)CCCCCCCCCCCCCCCC)CCC(=O)O. The molecule has 0 aromatic heterocycles. The van der Waals surface area contributed by atoms with Crippen LogP contribution in [-0.4, -0.2) is 69.9 Å². The van der Waals surface area contributed by atoms with Crippen LogP contribution in [0.2, 0.25) is 0 Å². The van der Waals surface area contributed by atoms with Crippen LogP contribution in [0.3, 0.4) is 0 Å². The molecule has 0 atom stereocenters. The number of carboxylic acid groups (broad SMARTS) is 2. The molecular formula is C44H84N2O6. The summed E-state index contributed by atoms with van der Waals surface area (Å²) in [5.74, 6) is -1.81. The quantitative estimate of drug-likeness (QED) is 0.0604. The smallest absolute Gasteiger partial charge is 0.305 e. The Morgan fingerprint density at radius 2 is 0.538 bits per heavy atom. The highest BCUT2D eigenvalue weighted by atomic mass is 16.4. The fourth-order valence-corrected chi connectivity index (χ4v) is 7.05. The molecule has 0 bridgehead atoms. The molecule has 52 heavy (non-hydrogen) atoms. The van der Waals surface area contributed by atoms with Crippen molar-refractivity contribution in [2.24, 2.45) is 0 Å². The monoisotopic (exact) mass is 737 g/mol. The van der Waals surface area contributed by atoms with Crippen LogP contribution in [-0.2, 0) is 19.2 Å². The Bertz CT molecular complexity index is 783. The van der Waals surface area contributed by atoms with Crippen LogP contribution in [0, 0.1) is 0 Å². The first-order valence-corrected chi connectivity index (χ1v) is 22.3. The van der Waals surface area contributed by atoms with E-state index < -0.39 is 11.9 Å². The summed E-state index contributed by atoms with van der Waals surface area (Å²) in [6.07, 6.45) is 37.3. The average molecular weight is 737 g/mol. The lowest BCUT2D eigenvalue weighted by Gasteiger charge is -2.25. The minimum Gasteiger partial charge on any atom is -0.481 e. The van der Waals surface area contributed by atoms with Crippen molar-refractivity contribution in [2.75, 3.05) is 26.2 Å². The number of rotatable bonds is 41. The van der Waals surface area contributed by atoms with Gasteiger partial charge in [0.25, 0.3) is 0 Å². The third-order valence-corrected chi connectivity index (χ3v) is 10.5. The largest absolute Gasteiger partial charge is 0.481 e. The van der Waals surface area contributed by atoms with Crippen molar-refractivity contribution in [3.05, 3.63) is 0 Å². The molecule has 0 saturated carbocycles. The van der Waals surface area contributed by atoms with E-state index in [2.05, 4.69) is 13.8 Å². The van der Waals surface area contributed by atoms with E-state index in [1.54, 1.807) is 9.80 Å². The van der Waals surface area contributed by atoms with E-state index in [1.165, 1.54) is 141 Å². The molecule has 0 spiro atoms. The average Bonchev–Trinajstić information content (AvgIpc) is 3.12. The van der Waals surface area contributed by atoms with Gasteiger partial charge in [-0.25, -0.2) is 0 Å². The maximum Gasteiger partial charge on any atom is 0.305 e. The molecule has 306 valence electrons. The Morgan fingerprint density at radius 1 is 0.308 bits per heavy atom. The number of hydrogen-bond acceptors (Lipinski definition) is 4. The minimum atomic E-state index is -0.914. The molecule has 0 unspecified atom stereocenters. The lowest BCUT2D eigenvalue weighted by Crippen LogP contribution is -2.36. The molecule has 0 saturated heterocycles. The predicted octanol–water partition coefficient (Wildman–Crippen LogP) is 12.1. The molecule has 2 N–H and O–H groups in total. The number of carbonyl (C=O) groups excluding carboxylic acids is 2. The standard InChI is InChI=1S/C44H84N2O6/c1-3-5-7-9-11-13-15-17-19-21-23-25-27-29-33-41(47)45(39-35-43(49)50)37-31-32-38-46(40-36-44(51)52)42(48)34-30-28-26-24-22-20-18-16-14-12-10-8-6-4-2/h3-40H2,1-2H3,(H,49,50)(H,51,52). The first-order chi connectivity index (χ1) is 25.3. The normalized spacial score (nSPS) is 11.2. The Hall–Kier alpha value is -2.12. The predicted molar refractivity (Wildman–Crippen MR) is 217 cm³/mol. The van der Waals surface area contributed by atoms with E-state index >= 15 is 0 Å². The minimum absolute atomic E-state index is 0.0109. The van der Waals surface area contributed by atoms with Crippen molar-refractivity contribution in [3.63, 3.8) is 0 Å². The maximum absolute atomic E-state index is 13.0. The van der Waals surface area contributed by atoms with Crippen molar-refractivity contribution >= 4 is 23.8 Å². The molecular weight excluding hydrogens is 652 g/mol. The highest BCUT2D eigenvalue weighted by molar-refractivity contribution is 5.77. The van der Waals surface area contributed by atoms with Crippen LogP contribution < -0.4 is 0 Å². The van der Waals surface area contributed by atoms with Crippen LogP contribution in [0.25, 0.3) is 0 Å². The summed E-state index contributed by atoms with van der Waals surface area (Å²) in [5, 5.41) is 18.5. The number of unbranched alkanes of at least 4 members (excludes halogenated alkanes) is 27. The zero-order chi connectivity index (χ0) is 38.3. The van der Waals surface area contributed by atoms with E-state index in [9.17, 15) is 29.4 Å². The van der Waals surface area contributed by atoms with Crippen LogP contribution in [0.5, 0.6) is 0 Å². The second-order valence-electron chi connectivity index (χ2n) is 15.4. The van der Waals surface area contributed by atoms with Crippen LogP contribution >= 0.6 is 0 Å². The number of aliphatic carboxylic acids is 2. The molecule has 2 amide bonds. The number of nitrogens with zero attached hydrogens (tertiary/aromatic N) is 2. The van der Waals surface area contributed by atoms with Gasteiger partial charge in [-0.1, -0.05) is 181 Å². The van der Waals surface area contributed by atoms with Crippen LogP contribution in [0.4, 0.5) is 0 Å². The molecule has 0 aliphatic heterocycles. The molecule has 0 rings (SSSR count). The van der Waals surface area contributed by atoms with E-state index in [0.717, 1.165) is 38.5 Å². The van der Waals surface area contributed by atoms with Gasteiger partial charge >= 0.3 is 11.9 Å². The zero-order valence-corrected chi connectivity index (χ0v) is 34.3. The summed E-state index contributed by atoms with van der Waals surface area (Å²) in [7, 11) is 0. The van der Waals surface area contributed by atoms with Gasteiger partial charge in [0.1, 0.15) is 0 Å². The van der Waals surface area contributed by atoms with Gasteiger partial charge < -0.3 is 20.0 Å². The maximum atomic E-state index is 13.0. The molecule has 0 radical (unpaired) electrons. The number of hydrogen-bond donors (Lipinski definition) is 2. The van der Waals surface area contributed by atoms with Crippen LogP contribution in [0.1, 0.15) is 232 Å². The van der Waals surface area contributed by atoms with E-state index in [4.69, 9.17) is 0 Å². The van der Waals surface area contributed by atoms with Gasteiger partial charge in [0.2, 0.25) is 11.8 Å². The second-order valence-corrected chi connectivity index (χ2v) is 15.4. The Morgan fingerprint density at radius 3 is 0.769 bits per heavy atom. The number of carboxylic acids is 2. The van der Waals surface area contributed by atoms with Gasteiger partial charge in [0.05, 0.1) is 12.8 Å². The zero-order valence-electron chi connectivity index (χ0n) is 34.3. The summed E-state index contributed by atoms with van der Waals surface area (Å²) >= 11 is 0. The molecule has 0 aliphatic rings. The van der Waals surface area contributed by atoms with Crippen molar-refractivity contribution in [1.82, 2.24) is 9.80 Å². The fraction of sp³-hybridized carbons (Fsp3) is 0.909. The summed E-state index contributed by atoms with van der Waals surface area (Å²) in [6, 6.07) is 0. The third-order valence-electron chi connectivity index (χ3n) is 10.5. The summed E-state index contributed by atoms with van der Waals surface area (Å²) in [4.78, 5) is 51.9. The Kier molecular flexibility index (Phi) is 37.0. The van der Waals surface area contributed by atoms with Gasteiger partial charge in [0.15, 0.2) is 0 Å².